The number of carboxylic acids is 1. The molecule has 6 heteroatoms. The summed E-state index contributed by atoms with van der Waals surface area (Å²) < 4.78 is 10.4. The molecule has 1 aromatic carbocycles. The molecular weight excluding hydrogens is 298 g/mol. The van der Waals surface area contributed by atoms with Gasteiger partial charge in [0.2, 0.25) is 0 Å². The third-order valence-corrected chi connectivity index (χ3v) is 4.07. The molecule has 1 amide bonds. The first-order chi connectivity index (χ1) is 10.8. The van der Waals surface area contributed by atoms with Gasteiger partial charge in [0.25, 0.3) is 0 Å². The number of likely N-dealkylation sites (tertiary alicyclic amines) is 1. The highest BCUT2D eigenvalue weighted by atomic mass is 16.5. The average molecular weight is 321 g/mol. The van der Waals surface area contributed by atoms with Crippen molar-refractivity contribution in [1.82, 2.24) is 4.90 Å². The third-order valence-electron chi connectivity index (χ3n) is 4.07. The molecule has 1 N–H and O–H groups in total. The Hall–Kier alpha value is -2.24. The van der Waals surface area contributed by atoms with Crippen molar-refractivity contribution in [2.45, 2.75) is 38.2 Å². The van der Waals surface area contributed by atoms with E-state index in [4.69, 9.17) is 14.6 Å². The lowest BCUT2D eigenvalue weighted by Gasteiger charge is -2.32. The largest absolute Gasteiger partial charge is 0.478 e. The first-order valence-corrected chi connectivity index (χ1v) is 7.69. The summed E-state index contributed by atoms with van der Waals surface area (Å²) in [6.07, 6.45) is 1.57. The zero-order valence-electron chi connectivity index (χ0n) is 13.7. The van der Waals surface area contributed by atoms with Gasteiger partial charge < -0.3 is 19.5 Å². The van der Waals surface area contributed by atoms with Crippen LogP contribution in [0.5, 0.6) is 5.75 Å². The maximum Gasteiger partial charge on any atom is 0.409 e. The summed E-state index contributed by atoms with van der Waals surface area (Å²) >= 11 is 0. The molecule has 1 unspecified atom stereocenters. The van der Waals surface area contributed by atoms with E-state index in [1.165, 1.54) is 21.0 Å². The number of carboxylic acid groups (broad SMARTS) is 1. The number of piperidine rings is 1. The van der Waals surface area contributed by atoms with Crippen LogP contribution in [-0.2, 0) is 9.53 Å². The SMILES string of the molecule is COC(=O)N1CCCC(c2cccc(OC(C)(C)C(=O)O)c2)C1. The van der Waals surface area contributed by atoms with Crippen LogP contribution in [0.15, 0.2) is 24.3 Å². The predicted molar refractivity (Wildman–Crippen MR) is 84.7 cm³/mol. The Bertz CT molecular complexity index is 584. The van der Waals surface area contributed by atoms with Crippen molar-refractivity contribution in [3.8, 4) is 5.75 Å². The van der Waals surface area contributed by atoms with Crippen molar-refractivity contribution in [2.24, 2.45) is 0 Å². The minimum Gasteiger partial charge on any atom is -0.478 e. The van der Waals surface area contributed by atoms with Crippen molar-refractivity contribution < 1.29 is 24.2 Å². The Balaban J connectivity index is 2.13. The van der Waals surface area contributed by atoms with Gasteiger partial charge in [0.15, 0.2) is 5.60 Å². The highest BCUT2D eigenvalue weighted by Gasteiger charge is 2.30. The van der Waals surface area contributed by atoms with Crippen LogP contribution < -0.4 is 4.74 Å². The summed E-state index contributed by atoms with van der Waals surface area (Å²) in [6.45, 7) is 4.33. The van der Waals surface area contributed by atoms with Gasteiger partial charge in [0.05, 0.1) is 7.11 Å². The van der Waals surface area contributed by atoms with Crippen LogP contribution in [0.4, 0.5) is 4.79 Å². The molecule has 0 saturated carbocycles. The van der Waals surface area contributed by atoms with Crippen LogP contribution in [0.3, 0.4) is 0 Å². The second-order valence-corrected chi connectivity index (χ2v) is 6.25. The van der Waals surface area contributed by atoms with E-state index in [-0.39, 0.29) is 12.0 Å². The van der Waals surface area contributed by atoms with E-state index < -0.39 is 11.6 Å². The molecule has 0 spiro atoms. The maximum absolute atomic E-state index is 11.7. The van der Waals surface area contributed by atoms with Gasteiger partial charge in [-0.05, 0) is 44.4 Å². The molecule has 1 atom stereocenters. The van der Waals surface area contributed by atoms with E-state index in [2.05, 4.69) is 0 Å². The normalized spacial score (nSPS) is 18.4. The first-order valence-electron chi connectivity index (χ1n) is 7.69. The lowest BCUT2D eigenvalue weighted by atomic mass is 9.90. The van der Waals surface area contributed by atoms with Gasteiger partial charge in [0, 0.05) is 19.0 Å². The number of carbonyl (C=O) groups excluding carboxylic acids is 1. The lowest BCUT2D eigenvalue weighted by molar-refractivity contribution is -0.152. The summed E-state index contributed by atoms with van der Waals surface area (Å²) in [4.78, 5) is 24.6. The Morgan fingerprint density at radius 3 is 2.74 bits per heavy atom. The van der Waals surface area contributed by atoms with E-state index in [0.29, 0.717) is 18.8 Å². The molecule has 126 valence electrons. The van der Waals surface area contributed by atoms with Crippen LogP contribution >= 0.6 is 0 Å². The number of rotatable bonds is 4. The number of hydrogen-bond acceptors (Lipinski definition) is 4. The van der Waals surface area contributed by atoms with Crippen molar-refractivity contribution >= 4 is 12.1 Å². The van der Waals surface area contributed by atoms with Gasteiger partial charge >= 0.3 is 12.1 Å². The fourth-order valence-corrected chi connectivity index (χ4v) is 2.71. The maximum atomic E-state index is 11.7. The van der Waals surface area contributed by atoms with Gasteiger partial charge in [-0.2, -0.15) is 0 Å². The summed E-state index contributed by atoms with van der Waals surface area (Å²) in [5.74, 6) is -0.304. The highest BCUT2D eigenvalue weighted by molar-refractivity contribution is 5.76. The van der Waals surface area contributed by atoms with Crippen molar-refractivity contribution in [1.29, 1.82) is 0 Å². The quantitative estimate of drug-likeness (QED) is 0.923. The zero-order valence-corrected chi connectivity index (χ0v) is 13.7. The van der Waals surface area contributed by atoms with Crippen LogP contribution in [0.1, 0.15) is 38.2 Å². The number of methoxy groups -OCH3 is 1. The number of carbonyl (C=O) groups is 2. The van der Waals surface area contributed by atoms with Crippen molar-refractivity contribution in [2.75, 3.05) is 20.2 Å². The van der Waals surface area contributed by atoms with E-state index in [1.54, 1.807) is 11.0 Å². The third kappa shape index (κ3) is 4.15. The van der Waals surface area contributed by atoms with Crippen molar-refractivity contribution in [3.63, 3.8) is 0 Å². The predicted octanol–water partition coefficient (Wildman–Crippen LogP) is 2.87. The standard InChI is InChI=1S/C17H23NO5/c1-17(2,15(19)20)23-14-8-4-6-12(10-14)13-7-5-9-18(11-13)16(21)22-3/h4,6,8,10,13H,5,7,9,11H2,1-3H3,(H,19,20). The highest BCUT2D eigenvalue weighted by Crippen LogP contribution is 2.30. The molecule has 6 nitrogen and oxygen atoms in total. The molecule has 2 rings (SSSR count). The minimum absolute atomic E-state index is 0.194. The molecule has 0 aliphatic carbocycles. The van der Waals surface area contributed by atoms with E-state index >= 15 is 0 Å². The zero-order chi connectivity index (χ0) is 17.0. The molecule has 1 aliphatic heterocycles. The number of hydrogen-bond donors (Lipinski definition) is 1. The smallest absolute Gasteiger partial charge is 0.409 e. The Kier molecular flexibility index (Phi) is 5.13. The topological polar surface area (TPSA) is 76.1 Å². The molecule has 0 bridgehead atoms. The Morgan fingerprint density at radius 2 is 2.09 bits per heavy atom. The molecule has 0 radical (unpaired) electrons. The second kappa shape index (κ2) is 6.89. The Morgan fingerprint density at radius 1 is 1.35 bits per heavy atom. The average Bonchev–Trinajstić information content (AvgIpc) is 2.54. The van der Waals surface area contributed by atoms with E-state index in [9.17, 15) is 9.59 Å². The monoisotopic (exact) mass is 321 g/mol. The van der Waals surface area contributed by atoms with Gasteiger partial charge in [-0.25, -0.2) is 9.59 Å². The van der Waals surface area contributed by atoms with Crippen LogP contribution in [0.2, 0.25) is 0 Å². The first kappa shape index (κ1) is 17.1. The van der Waals surface area contributed by atoms with E-state index in [0.717, 1.165) is 18.4 Å². The number of ether oxygens (including phenoxy) is 2. The summed E-state index contributed by atoms with van der Waals surface area (Å²) in [5, 5.41) is 9.16. The van der Waals surface area contributed by atoms with Gasteiger partial charge in [-0.1, -0.05) is 12.1 Å². The molecule has 0 aromatic heterocycles. The summed E-state index contributed by atoms with van der Waals surface area (Å²) in [5.41, 5.74) is -0.249. The van der Waals surface area contributed by atoms with Gasteiger partial charge in [0.1, 0.15) is 5.75 Å². The molecular formula is C17H23NO5. The molecule has 1 aliphatic rings. The minimum atomic E-state index is -1.29. The van der Waals surface area contributed by atoms with Gasteiger partial charge in [-0.3, -0.25) is 0 Å². The fourth-order valence-electron chi connectivity index (χ4n) is 2.71. The number of nitrogens with zero attached hydrogens (tertiary/aromatic N) is 1. The van der Waals surface area contributed by atoms with Crippen molar-refractivity contribution in [3.05, 3.63) is 29.8 Å². The van der Waals surface area contributed by atoms with Crippen LogP contribution in [-0.4, -0.2) is 47.9 Å². The van der Waals surface area contributed by atoms with Crippen LogP contribution in [0.25, 0.3) is 0 Å². The Labute approximate surface area is 136 Å². The molecule has 1 aromatic rings. The molecule has 1 fully saturated rings. The number of benzene rings is 1. The number of amides is 1. The lowest BCUT2D eigenvalue weighted by Crippen LogP contribution is -2.39. The number of aliphatic carboxylic acids is 1. The van der Waals surface area contributed by atoms with E-state index in [1.807, 2.05) is 18.2 Å². The van der Waals surface area contributed by atoms with Crippen LogP contribution in [0, 0.1) is 0 Å². The molecule has 23 heavy (non-hydrogen) atoms. The second-order valence-electron chi connectivity index (χ2n) is 6.25. The summed E-state index contributed by atoms with van der Waals surface area (Å²) in [6, 6.07) is 7.43. The molecule has 1 heterocycles. The summed E-state index contributed by atoms with van der Waals surface area (Å²) in [7, 11) is 1.38. The fraction of sp³-hybridized carbons (Fsp3) is 0.529. The molecule has 1 saturated heterocycles. The van der Waals surface area contributed by atoms with Gasteiger partial charge in [-0.15, -0.1) is 0 Å².